The quantitative estimate of drug-likeness (QED) is 0.169. The monoisotopic (exact) mass is 687 g/mol. The zero-order valence-corrected chi connectivity index (χ0v) is 29.4. The molecule has 0 bridgehead atoms. The molecule has 1 aliphatic rings. The van der Waals surface area contributed by atoms with Crippen LogP contribution in [0.2, 0.25) is 0 Å². The first-order valence-electron chi connectivity index (χ1n) is 18.5. The van der Waals surface area contributed by atoms with E-state index in [0.717, 1.165) is 50.3 Å². The van der Waals surface area contributed by atoms with E-state index in [0.29, 0.717) is 0 Å². The average Bonchev–Trinajstić information content (AvgIpc) is 3.79. The fourth-order valence-corrected chi connectivity index (χ4v) is 9.07. The minimum Gasteiger partial charge on any atom is -0.299 e. The van der Waals surface area contributed by atoms with E-state index in [1.807, 2.05) is 6.07 Å². The van der Waals surface area contributed by atoms with Crippen molar-refractivity contribution in [3.05, 3.63) is 223 Å². The third-order valence-electron chi connectivity index (χ3n) is 11.3. The molecule has 3 heteroatoms. The van der Waals surface area contributed by atoms with Crippen molar-refractivity contribution in [3.63, 3.8) is 0 Å². The third kappa shape index (κ3) is 4.36. The van der Waals surface area contributed by atoms with Crippen molar-refractivity contribution in [1.82, 2.24) is 14.4 Å². The lowest BCUT2D eigenvalue weighted by Gasteiger charge is -2.34. The molecule has 0 atom stereocenters. The molecular weight excluding hydrogens is 655 g/mol. The molecule has 1 aliphatic carbocycles. The van der Waals surface area contributed by atoms with Gasteiger partial charge in [0, 0.05) is 33.7 Å². The standard InChI is InChI=1S/C51H33N3/c1-4-17-34(18-5-1)49-50(54-32-15-14-29-45(54)53-49)36-20-16-19-35(33-36)48-47-40(39-25-11-13-28-44(39)52-48)30-31-43-46(47)41-26-10-12-27-42(41)51(43,37-21-6-2-7-22-37)38-23-8-3-9-24-38/h1-33H. The van der Waals surface area contributed by atoms with Crippen LogP contribution in [0.1, 0.15) is 22.3 Å². The molecule has 0 radical (unpaired) electrons. The van der Waals surface area contributed by atoms with Gasteiger partial charge in [-0.25, -0.2) is 9.97 Å². The molecule has 10 aromatic rings. The fourth-order valence-electron chi connectivity index (χ4n) is 9.07. The zero-order chi connectivity index (χ0) is 35.6. The molecule has 0 unspecified atom stereocenters. The summed E-state index contributed by atoms with van der Waals surface area (Å²) < 4.78 is 2.20. The Morgan fingerprint density at radius 1 is 0.426 bits per heavy atom. The molecule has 0 saturated carbocycles. The minimum atomic E-state index is -0.505. The largest absolute Gasteiger partial charge is 0.299 e. The number of rotatable bonds is 5. The summed E-state index contributed by atoms with van der Waals surface area (Å²) >= 11 is 0. The molecule has 0 N–H and O–H groups in total. The number of hydrogen-bond donors (Lipinski definition) is 0. The van der Waals surface area contributed by atoms with Gasteiger partial charge < -0.3 is 0 Å². The molecule has 3 nitrogen and oxygen atoms in total. The number of fused-ring (bicyclic) bond motifs is 8. The van der Waals surface area contributed by atoms with E-state index in [1.165, 1.54) is 44.2 Å². The molecule has 7 aromatic carbocycles. The van der Waals surface area contributed by atoms with E-state index in [4.69, 9.17) is 9.97 Å². The van der Waals surface area contributed by atoms with Crippen molar-refractivity contribution in [2.45, 2.75) is 5.41 Å². The molecule has 0 spiro atoms. The summed E-state index contributed by atoms with van der Waals surface area (Å²) in [5.41, 5.74) is 15.2. The van der Waals surface area contributed by atoms with Gasteiger partial charge in [0.15, 0.2) is 0 Å². The van der Waals surface area contributed by atoms with Gasteiger partial charge in [-0.3, -0.25) is 4.40 Å². The van der Waals surface area contributed by atoms with Gasteiger partial charge in [0.1, 0.15) is 5.65 Å². The Morgan fingerprint density at radius 3 is 1.87 bits per heavy atom. The summed E-state index contributed by atoms with van der Waals surface area (Å²) in [5, 5.41) is 3.52. The maximum absolute atomic E-state index is 5.56. The van der Waals surface area contributed by atoms with E-state index in [2.05, 4.69) is 199 Å². The van der Waals surface area contributed by atoms with Crippen molar-refractivity contribution < 1.29 is 0 Å². The second-order valence-corrected chi connectivity index (χ2v) is 14.1. The summed E-state index contributed by atoms with van der Waals surface area (Å²) in [5.74, 6) is 0. The SMILES string of the molecule is c1ccc(-c2nc3ccccn3c2-c2cccc(-c3nc4ccccc4c4ccc5c(c34)-c3ccccc3C5(c3ccccc3)c3ccccc3)c2)cc1. The van der Waals surface area contributed by atoms with Gasteiger partial charge in [-0.05, 0) is 63.0 Å². The summed E-state index contributed by atoms with van der Waals surface area (Å²) in [4.78, 5) is 10.7. The number of pyridine rings is 2. The molecular formula is C51H33N3. The summed E-state index contributed by atoms with van der Waals surface area (Å²) in [6.45, 7) is 0. The molecule has 252 valence electrons. The summed E-state index contributed by atoms with van der Waals surface area (Å²) in [6, 6.07) is 69.9. The van der Waals surface area contributed by atoms with Gasteiger partial charge in [-0.15, -0.1) is 0 Å². The number of nitrogens with zero attached hydrogens (tertiary/aromatic N) is 3. The molecule has 0 amide bonds. The molecule has 3 heterocycles. The predicted octanol–water partition coefficient (Wildman–Crippen LogP) is 12.4. The Bertz CT molecular complexity index is 3000. The normalized spacial score (nSPS) is 13.0. The van der Waals surface area contributed by atoms with E-state index in [9.17, 15) is 0 Å². The fraction of sp³-hybridized carbons (Fsp3) is 0.0196. The van der Waals surface area contributed by atoms with Crippen LogP contribution in [0.25, 0.3) is 72.2 Å². The highest BCUT2D eigenvalue weighted by atomic mass is 15.0. The average molecular weight is 688 g/mol. The maximum Gasteiger partial charge on any atom is 0.137 e. The number of hydrogen-bond acceptors (Lipinski definition) is 2. The maximum atomic E-state index is 5.56. The highest BCUT2D eigenvalue weighted by Crippen LogP contribution is 2.59. The number of imidazole rings is 1. The van der Waals surface area contributed by atoms with E-state index in [1.54, 1.807) is 0 Å². The van der Waals surface area contributed by atoms with Crippen LogP contribution in [-0.4, -0.2) is 14.4 Å². The topological polar surface area (TPSA) is 30.2 Å². The Labute approximate surface area is 313 Å². The van der Waals surface area contributed by atoms with Gasteiger partial charge in [-0.2, -0.15) is 0 Å². The van der Waals surface area contributed by atoms with Crippen molar-refractivity contribution in [2.75, 3.05) is 0 Å². The molecule has 54 heavy (non-hydrogen) atoms. The van der Waals surface area contributed by atoms with E-state index < -0.39 is 5.41 Å². The van der Waals surface area contributed by atoms with Crippen molar-refractivity contribution in [1.29, 1.82) is 0 Å². The lowest BCUT2D eigenvalue weighted by Crippen LogP contribution is -2.28. The first kappa shape index (κ1) is 30.5. The smallest absolute Gasteiger partial charge is 0.137 e. The van der Waals surface area contributed by atoms with Crippen LogP contribution >= 0.6 is 0 Å². The highest BCUT2D eigenvalue weighted by Gasteiger charge is 2.47. The van der Waals surface area contributed by atoms with Gasteiger partial charge in [-0.1, -0.05) is 170 Å². The van der Waals surface area contributed by atoms with Crippen LogP contribution in [0.15, 0.2) is 200 Å². The third-order valence-corrected chi connectivity index (χ3v) is 11.3. The molecule has 0 saturated heterocycles. The molecule has 3 aromatic heterocycles. The van der Waals surface area contributed by atoms with Crippen LogP contribution in [0.4, 0.5) is 0 Å². The lowest BCUT2D eigenvalue weighted by molar-refractivity contribution is 0.769. The van der Waals surface area contributed by atoms with Crippen LogP contribution < -0.4 is 0 Å². The summed E-state index contributed by atoms with van der Waals surface area (Å²) in [6.07, 6.45) is 2.11. The molecule has 0 fully saturated rings. The van der Waals surface area contributed by atoms with Crippen molar-refractivity contribution >= 4 is 27.3 Å². The number of benzene rings is 7. The first-order chi connectivity index (χ1) is 26.8. The van der Waals surface area contributed by atoms with Crippen molar-refractivity contribution in [2.24, 2.45) is 0 Å². The number of para-hydroxylation sites is 1. The predicted molar refractivity (Wildman–Crippen MR) is 222 cm³/mol. The lowest BCUT2D eigenvalue weighted by atomic mass is 9.67. The van der Waals surface area contributed by atoms with Crippen LogP contribution in [-0.2, 0) is 5.41 Å². The van der Waals surface area contributed by atoms with Gasteiger partial charge in [0.05, 0.1) is 28.0 Å². The highest BCUT2D eigenvalue weighted by molar-refractivity contribution is 6.18. The van der Waals surface area contributed by atoms with Crippen LogP contribution in [0, 0.1) is 0 Å². The second kappa shape index (κ2) is 12.0. The molecule has 0 aliphatic heterocycles. The number of aromatic nitrogens is 3. The second-order valence-electron chi connectivity index (χ2n) is 14.1. The zero-order valence-electron chi connectivity index (χ0n) is 29.4. The van der Waals surface area contributed by atoms with E-state index in [-0.39, 0.29) is 0 Å². The Balaban J connectivity index is 1.25. The van der Waals surface area contributed by atoms with Gasteiger partial charge in [0.25, 0.3) is 0 Å². The Morgan fingerprint density at radius 2 is 1.07 bits per heavy atom. The Kier molecular flexibility index (Phi) is 6.77. The van der Waals surface area contributed by atoms with Gasteiger partial charge >= 0.3 is 0 Å². The minimum absolute atomic E-state index is 0.505. The summed E-state index contributed by atoms with van der Waals surface area (Å²) in [7, 11) is 0. The first-order valence-corrected chi connectivity index (χ1v) is 18.5. The van der Waals surface area contributed by atoms with E-state index >= 15 is 0 Å². The van der Waals surface area contributed by atoms with Crippen molar-refractivity contribution in [3.8, 4) is 44.9 Å². The van der Waals surface area contributed by atoms with Crippen LogP contribution in [0.3, 0.4) is 0 Å². The van der Waals surface area contributed by atoms with Gasteiger partial charge in [0.2, 0.25) is 0 Å². The van der Waals surface area contributed by atoms with Crippen LogP contribution in [0.5, 0.6) is 0 Å². The molecule has 11 rings (SSSR count). The Hall–Kier alpha value is -7.10.